The summed E-state index contributed by atoms with van der Waals surface area (Å²) < 4.78 is 57.1. The van der Waals surface area contributed by atoms with Gasteiger partial charge in [-0.15, -0.1) is 13.2 Å². The normalized spacial score (nSPS) is 14.1. The molecular formula is C28H24F3N3O6S. The van der Waals surface area contributed by atoms with Crippen LogP contribution in [0.1, 0.15) is 5.56 Å². The maximum absolute atomic E-state index is 13.5. The van der Waals surface area contributed by atoms with E-state index in [1.807, 2.05) is 0 Å². The fourth-order valence-electron chi connectivity index (χ4n) is 3.78. The van der Waals surface area contributed by atoms with E-state index in [2.05, 4.69) is 15.0 Å². The Hall–Kier alpha value is -4.65. The fourth-order valence-corrected chi connectivity index (χ4v) is 4.59. The molecule has 214 valence electrons. The van der Waals surface area contributed by atoms with Gasteiger partial charge in [0.25, 0.3) is 5.91 Å². The molecule has 0 atom stereocenters. The highest BCUT2D eigenvalue weighted by atomic mass is 32.2. The van der Waals surface area contributed by atoms with Crippen LogP contribution < -0.4 is 29.2 Å². The van der Waals surface area contributed by atoms with E-state index >= 15 is 0 Å². The third-order valence-corrected chi connectivity index (χ3v) is 6.51. The summed E-state index contributed by atoms with van der Waals surface area (Å²) in [5.41, 5.74) is 1.44. The number of amides is 2. The Morgan fingerprint density at radius 1 is 0.951 bits per heavy atom. The van der Waals surface area contributed by atoms with Crippen molar-refractivity contribution in [2.75, 3.05) is 37.3 Å². The van der Waals surface area contributed by atoms with E-state index in [4.69, 9.17) is 14.2 Å². The van der Waals surface area contributed by atoms with Gasteiger partial charge >= 0.3 is 6.36 Å². The van der Waals surface area contributed by atoms with Crippen LogP contribution in [0.5, 0.6) is 23.0 Å². The number of aliphatic imine (C=N–C) groups is 1. The minimum Gasteiger partial charge on any atom is -0.496 e. The SMILES string of the molecule is COc1cc(OC)c(OC)cc1/C=C1/N=C(SCC(=O)Nc2ccc(OC(F)(F)F)cc2)N(c2ccccc2)C1=O. The number of methoxy groups -OCH3 is 3. The van der Waals surface area contributed by atoms with Crippen molar-refractivity contribution in [3.63, 3.8) is 0 Å². The molecule has 0 fully saturated rings. The van der Waals surface area contributed by atoms with Crippen LogP contribution >= 0.6 is 11.8 Å². The quantitative estimate of drug-likeness (QED) is 0.320. The Balaban J connectivity index is 1.56. The molecule has 0 spiro atoms. The van der Waals surface area contributed by atoms with E-state index in [0.717, 1.165) is 23.9 Å². The van der Waals surface area contributed by atoms with Crippen molar-refractivity contribution >= 4 is 46.2 Å². The van der Waals surface area contributed by atoms with Gasteiger partial charge < -0.3 is 24.3 Å². The zero-order chi connectivity index (χ0) is 29.6. The molecule has 3 aromatic rings. The summed E-state index contributed by atoms with van der Waals surface area (Å²) in [7, 11) is 4.47. The topological polar surface area (TPSA) is 98.7 Å². The highest BCUT2D eigenvalue weighted by molar-refractivity contribution is 8.14. The lowest BCUT2D eigenvalue weighted by Crippen LogP contribution is -2.31. The van der Waals surface area contributed by atoms with Crippen molar-refractivity contribution in [1.82, 2.24) is 0 Å². The van der Waals surface area contributed by atoms with E-state index in [0.29, 0.717) is 28.5 Å². The van der Waals surface area contributed by atoms with E-state index < -0.39 is 23.9 Å². The molecule has 0 saturated heterocycles. The number of hydrogen-bond donors (Lipinski definition) is 1. The van der Waals surface area contributed by atoms with Crippen molar-refractivity contribution in [2.45, 2.75) is 6.36 Å². The van der Waals surface area contributed by atoms with Gasteiger partial charge in [0, 0.05) is 17.3 Å². The number of hydrogen-bond acceptors (Lipinski definition) is 8. The molecule has 13 heteroatoms. The predicted octanol–water partition coefficient (Wildman–Crippen LogP) is 5.73. The number of anilines is 2. The number of nitrogens with one attached hydrogen (secondary N) is 1. The van der Waals surface area contributed by atoms with Crippen molar-refractivity contribution in [1.29, 1.82) is 0 Å². The number of halogens is 3. The Kier molecular flexibility index (Phi) is 9.07. The molecule has 0 radical (unpaired) electrons. The van der Waals surface area contributed by atoms with Gasteiger partial charge in [-0.1, -0.05) is 30.0 Å². The second-order valence-corrected chi connectivity index (χ2v) is 9.20. The smallest absolute Gasteiger partial charge is 0.496 e. The van der Waals surface area contributed by atoms with Crippen LogP contribution in [0.3, 0.4) is 0 Å². The van der Waals surface area contributed by atoms with Crippen LogP contribution in [0.15, 0.2) is 77.4 Å². The first-order chi connectivity index (χ1) is 19.6. The number of para-hydroxylation sites is 1. The van der Waals surface area contributed by atoms with Crippen LogP contribution in [0.25, 0.3) is 6.08 Å². The van der Waals surface area contributed by atoms with Gasteiger partial charge in [0.1, 0.15) is 17.2 Å². The lowest BCUT2D eigenvalue weighted by Gasteiger charge is -2.17. The van der Waals surface area contributed by atoms with E-state index in [1.165, 1.54) is 38.4 Å². The van der Waals surface area contributed by atoms with Crippen LogP contribution in [-0.4, -0.2) is 50.4 Å². The summed E-state index contributed by atoms with van der Waals surface area (Å²) in [5, 5.41) is 2.86. The molecule has 0 aromatic heterocycles. The molecule has 1 aliphatic heterocycles. The minimum absolute atomic E-state index is 0.0996. The zero-order valence-electron chi connectivity index (χ0n) is 22.0. The van der Waals surface area contributed by atoms with Gasteiger partial charge in [0.2, 0.25) is 5.91 Å². The van der Waals surface area contributed by atoms with Crippen LogP contribution in [-0.2, 0) is 9.59 Å². The number of rotatable bonds is 9. The van der Waals surface area contributed by atoms with E-state index in [-0.39, 0.29) is 22.3 Å². The summed E-state index contributed by atoms with van der Waals surface area (Å²) in [5.74, 6) is -0.118. The number of nitrogens with zero attached hydrogens (tertiary/aromatic N) is 2. The largest absolute Gasteiger partial charge is 0.573 e. The number of alkyl halides is 3. The molecule has 0 saturated carbocycles. The molecular weight excluding hydrogens is 563 g/mol. The lowest BCUT2D eigenvalue weighted by atomic mass is 10.1. The monoisotopic (exact) mass is 587 g/mol. The summed E-state index contributed by atoms with van der Waals surface area (Å²) in [6, 6.07) is 16.8. The third kappa shape index (κ3) is 7.31. The summed E-state index contributed by atoms with van der Waals surface area (Å²) in [4.78, 5) is 32.0. The van der Waals surface area contributed by atoms with Crippen molar-refractivity contribution in [2.24, 2.45) is 4.99 Å². The maximum atomic E-state index is 13.5. The van der Waals surface area contributed by atoms with Gasteiger partial charge in [-0.25, -0.2) is 4.99 Å². The second kappa shape index (κ2) is 12.7. The standard InChI is InChI=1S/C28H24F3N3O6S/c1-37-22-15-24(39-3)23(38-2)14-17(22)13-21-26(36)34(19-7-5-4-6-8-19)27(33-21)41-16-25(35)32-18-9-11-20(12-10-18)40-28(29,30)31/h4-15H,16H2,1-3H3,(H,32,35)/b21-13+. The maximum Gasteiger partial charge on any atom is 0.573 e. The molecule has 1 N–H and O–H groups in total. The molecule has 41 heavy (non-hydrogen) atoms. The van der Waals surface area contributed by atoms with E-state index in [9.17, 15) is 22.8 Å². The molecule has 0 bridgehead atoms. The van der Waals surface area contributed by atoms with Gasteiger partial charge in [0.15, 0.2) is 16.7 Å². The number of ether oxygens (including phenoxy) is 4. The lowest BCUT2D eigenvalue weighted by molar-refractivity contribution is -0.274. The first kappa shape index (κ1) is 29.3. The van der Waals surface area contributed by atoms with Crippen molar-refractivity contribution < 1.29 is 41.7 Å². The second-order valence-electron chi connectivity index (χ2n) is 8.26. The molecule has 2 amide bonds. The number of carbonyl (C=O) groups is 2. The number of carbonyl (C=O) groups excluding carboxylic acids is 2. The average Bonchev–Trinajstić information content (AvgIpc) is 3.26. The van der Waals surface area contributed by atoms with Crippen molar-refractivity contribution in [3.8, 4) is 23.0 Å². The molecule has 4 rings (SSSR count). The van der Waals surface area contributed by atoms with Crippen molar-refractivity contribution in [3.05, 3.63) is 78.0 Å². The Morgan fingerprint density at radius 2 is 1.59 bits per heavy atom. The zero-order valence-corrected chi connectivity index (χ0v) is 22.8. The van der Waals surface area contributed by atoms with Crippen LogP contribution in [0, 0.1) is 0 Å². The van der Waals surface area contributed by atoms with Crippen LogP contribution in [0.4, 0.5) is 24.5 Å². The number of thioether (sulfide) groups is 1. The molecule has 1 aliphatic rings. The summed E-state index contributed by atoms with van der Waals surface area (Å²) in [6.07, 6.45) is -3.26. The fraction of sp³-hybridized carbons (Fsp3) is 0.179. The summed E-state index contributed by atoms with van der Waals surface area (Å²) in [6.45, 7) is 0. The van der Waals surface area contributed by atoms with Gasteiger partial charge in [-0.2, -0.15) is 0 Å². The molecule has 1 heterocycles. The average molecular weight is 588 g/mol. The molecule has 3 aromatic carbocycles. The van der Waals surface area contributed by atoms with Crippen LogP contribution in [0.2, 0.25) is 0 Å². The number of benzene rings is 3. The molecule has 9 nitrogen and oxygen atoms in total. The van der Waals surface area contributed by atoms with Gasteiger partial charge in [0.05, 0.1) is 32.8 Å². The Bertz CT molecular complexity index is 1480. The summed E-state index contributed by atoms with van der Waals surface area (Å²) >= 11 is 1.02. The van der Waals surface area contributed by atoms with Gasteiger partial charge in [-0.3, -0.25) is 14.5 Å². The Labute approximate surface area is 237 Å². The highest BCUT2D eigenvalue weighted by Gasteiger charge is 2.33. The minimum atomic E-state index is -4.82. The predicted molar refractivity (Wildman–Crippen MR) is 150 cm³/mol. The van der Waals surface area contributed by atoms with Gasteiger partial charge in [-0.05, 0) is 48.5 Å². The Morgan fingerprint density at radius 3 is 2.20 bits per heavy atom. The molecule has 0 aliphatic carbocycles. The van der Waals surface area contributed by atoms with E-state index in [1.54, 1.807) is 48.5 Å². The highest BCUT2D eigenvalue weighted by Crippen LogP contribution is 2.37. The third-order valence-electron chi connectivity index (χ3n) is 5.58. The first-order valence-electron chi connectivity index (χ1n) is 11.9. The first-order valence-corrected chi connectivity index (χ1v) is 12.9. The number of amidine groups is 1. The molecule has 0 unspecified atom stereocenters.